The lowest BCUT2D eigenvalue weighted by Gasteiger charge is -2.37. The Hall–Kier alpha value is -2.53. The van der Waals surface area contributed by atoms with Crippen molar-refractivity contribution in [3.8, 4) is 17.1 Å². The molecule has 2 N–H and O–H groups in total. The van der Waals surface area contributed by atoms with Crippen LogP contribution in [0.5, 0.6) is 5.88 Å². The minimum absolute atomic E-state index is 0.427. The minimum Gasteiger partial charge on any atom is -0.480 e. The van der Waals surface area contributed by atoms with Crippen LogP contribution in [-0.2, 0) is 11.3 Å². The number of rotatable bonds is 6. The lowest BCUT2D eigenvalue weighted by molar-refractivity contribution is 0.104. The summed E-state index contributed by atoms with van der Waals surface area (Å²) in [5, 5.41) is 0. The van der Waals surface area contributed by atoms with Crippen LogP contribution >= 0.6 is 11.3 Å². The number of morpholine rings is 1. The number of methoxy groups -OCH3 is 1. The molecule has 2 aliphatic heterocycles. The summed E-state index contributed by atoms with van der Waals surface area (Å²) in [6, 6.07) is 2.49. The number of hydrogen-bond acceptors (Lipinski definition) is 10. The molecule has 0 aromatic carbocycles. The molecule has 35 heavy (non-hydrogen) atoms. The van der Waals surface area contributed by atoms with E-state index in [1.54, 1.807) is 24.6 Å². The van der Waals surface area contributed by atoms with Gasteiger partial charge >= 0.3 is 0 Å². The maximum atomic E-state index is 6.22. The number of nitrogens with zero attached hydrogens (tertiary/aromatic N) is 6. The Morgan fingerprint density at radius 2 is 1.86 bits per heavy atom. The predicted molar refractivity (Wildman–Crippen MR) is 141 cm³/mol. The van der Waals surface area contributed by atoms with Crippen LogP contribution in [-0.4, -0.2) is 90.4 Å². The van der Waals surface area contributed by atoms with Gasteiger partial charge in [0.1, 0.15) is 0 Å². The normalized spacial score (nSPS) is 18.0. The second-order valence-electron chi connectivity index (χ2n) is 9.51. The minimum atomic E-state index is 0.427. The topological polar surface area (TPSA) is 92.9 Å². The number of anilines is 2. The molecule has 10 heteroatoms. The van der Waals surface area contributed by atoms with E-state index in [9.17, 15) is 0 Å². The summed E-state index contributed by atoms with van der Waals surface area (Å²) in [5.41, 5.74) is 10.8. The third-order valence-corrected chi connectivity index (χ3v) is 8.12. The molecule has 2 fully saturated rings. The van der Waals surface area contributed by atoms with Crippen molar-refractivity contribution in [3.05, 3.63) is 22.7 Å². The van der Waals surface area contributed by atoms with Crippen molar-refractivity contribution in [1.29, 1.82) is 0 Å². The van der Waals surface area contributed by atoms with Crippen molar-refractivity contribution in [2.45, 2.75) is 33.4 Å². The van der Waals surface area contributed by atoms with Gasteiger partial charge in [0.2, 0.25) is 11.8 Å². The first-order chi connectivity index (χ1) is 16.9. The third-order valence-electron chi connectivity index (χ3n) is 6.98. The second-order valence-corrected chi connectivity index (χ2v) is 10.7. The number of aromatic nitrogens is 3. The smallest absolute Gasteiger partial charge is 0.236 e. The van der Waals surface area contributed by atoms with Gasteiger partial charge < -0.3 is 20.1 Å². The van der Waals surface area contributed by atoms with Gasteiger partial charge in [-0.3, -0.25) is 9.80 Å². The van der Waals surface area contributed by atoms with Crippen LogP contribution < -0.4 is 15.4 Å². The number of piperazine rings is 1. The molecule has 3 aromatic heterocycles. The van der Waals surface area contributed by atoms with Crippen LogP contribution in [0, 0.1) is 6.92 Å². The maximum Gasteiger partial charge on any atom is 0.236 e. The number of fused-ring (bicyclic) bond motifs is 1. The Balaban J connectivity index is 1.55. The quantitative estimate of drug-likeness (QED) is 0.552. The van der Waals surface area contributed by atoms with E-state index in [-0.39, 0.29) is 0 Å². The van der Waals surface area contributed by atoms with Gasteiger partial charge in [0.05, 0.1) is 41.9 Å². The van der Waals surface area contributed by atoms with Gasteiger partial charge in [-0.15, -0.1) is 11.3 Å². The zero-order valence-electron chi connectivity index (χ0n) is 21.1. The Bertz CT molecular complexity index is 1180. The van der Waals surface area contributed by atoms with Crippen LogP contribution in [0.2, 0.25) is 0 Å². The second kappa shape index (κ2) is 10.2. The van der Waals surface area contributed by atoms with E-state index < -0.39 is 0 Å². The monoisotopic (exact) mass is 497 g/mol. The molecule has 3 aromatic rings. The van der Waals surface area contributed by atoms with Gasteiger partial charge in [0, 0.05) is 74.1 Å². The molecular weight excluding hydrogens is 462 g/mol. The number of ether oxygens (including phenoxy) is 2. The van der Waals surface area contributed by atoms with Gasteiger partial charge in [0.25, 0.3) is 0 Å². The Morgan fingerprint density at radius 3 is 2.51 bits per heavy atom. The van der Waals surface area contributed by atoms with E-state index >= 15 is 0 Å². The molecule has 2 saturated heterocycles. The van der Waals surface area contributed by atoms with Crippen LogP contribution in [0.4, 0.5) is 11.6 Å². The Morgan fingerprint density at radius 1 is 1.11 bits per heavy atom. The summed E-state index contributed by atoms with van der Waals surface area (Å²) in [6.07, 6.45) is 1.79. The van der Waals surface area contributed by atoms with Gasteiger partial charge in [-0.05, 0) is 26.8 Å². The molecule has 0 bridgehead atoms. The van der Waals surface area contributed by atoms with E-state index in [0.717, 1.165) is 73.2 Å². The molecule has 0 saturated carbocycles. The first-order valence-electron chi connectivity index (χ1n) is 12.3. The molecule has 5 rings (SSSR count). The third kappa shape index (κ3) is 4.93. The molecule has 2 aliphatic rings. The molecular formula is C25H35N7O2S. The van der Waals surface area contributed by atoms with E-state index in [4.69, 9.17) is 25.2 Å². The summed E-state index contributed by atoms with van der Waals surface area (Å²) in [7, 11) is 1.58. The van der Waals surface area contributed by atoms with Crippen molar-refractivity contribution in [1.82, 2.24) is 24.8 Å². The van der Waals surface area contributed by atoms with Crippen LogP contribution in [0.15, 0.2) is 12.3 Å². The SMILES string of the molecule is COc1ncc(-c2nc(N3CCOCC3)nc3c(CN4CCN(C(C)C)CC4)c(C)sc23)cc1N. The largest absolute Gasteiger partial charge is 0.480 e. The Kier molecular flexibility index (Phi) is 7.06. The highest BCUT2D eigenvalue weighted by Crippen LogP contribution is 2.39. The highest BCUT2D eigenvalue weighted by Gasteiger charge is 2.25. The number of aryl methyl sites for hydroxylation is 1. The molecule has 0 aliphatic carbocycles. The van der Waals surface area contributed by atoms with Crippen molar-refractivity contribution < 1.29 is 9.47 Å². The van der Waals surface area contributed by atoms with Crippen molar-refractivity contribution >= 4 is 33.2 Å². The maximum absolute atomic E-state index is 6.22. The number of pyridine rings is 1. The van der Waals surface area contributed by atoms with Gasteiger partial charge in [-0.25, -0.2) is 15.0 Å². The fourth-order valence-corrected chi connectivity index (χ4v) is 5.96. The fraction of sp³-hybridized carbons (Fsp3) is 0.560. The first kappa shape index (κ1) is 24.2. The lowest BCUT2D eigenvalue weighted by Crippen LogP contribution is -2.48. The van der Waals surface area contributed by atoms with E-state index in [1.165, 1.54) is 10.4 Å². The van der Waals surface area contributed by atoms with Crippen molar-refractivity contribution in [2.75, 3.05) is 70.2 Å². The molecule has 0 amide bonds. The Labute approximate surface area is 210 Å². The zero-order chi connectivity index (χ0) is 24.5. The van der Waals surface area contributed by atoms with Crippen LogP contribution in [0.25, 0.3) is 21.5 Å². The van der Waals surface area contributed by atoms with Gasteiger partial charge in [-0.2, -0.15) is 0 Å². The molecule has 9 nitrogen and oxygen atoms in total. The average Bonchev–Trinajstić information content (AvgIpc) is 3.19. The van der Waals surface area contributed by atoms with Crippen molar-refractivity contribution in [3.63, 3.8) is 0 Å². The standard InChI is InChI=1S/C25H35N7O2S/c1-16(2)31-7-5-30(6-8-31)15-19-17(3)35-23-21(18-13-20(26)24(33-4)27-14-18)28-25(29-22(19)23)32-9-11-34-12-10-32/h13-14,16H,5-12,15,26H2,1-4H3. The molecule has 0 unspecified atom stereocenters. The highest BCUT2D eigenvalue weighted by molar-refractivity contribution is 7.19. The molecule has 5 heterocycles. The summed E-state index contributed by atoms with van der Waals surface area (Å²) in [4.78, 5) is 23.2. The number of nitrogens with two attached hydrogens (primary N) is 1. The lowest BCUT2D eigenvalue weighted by atomic mass is 10.1. The highest BCUT2D eigenvalue weighted by atomic mass is 32.1. The summed E-state index contributed by atoms with van der Waals surface area (Å²) in [5.74, 6) is 1.17. The van der Waals surface area contributed by atoms with Crippen LogP contribution in [0.3, 0.4) is 0 Å². The van der Waals surface area contributed by atoms with Gasteiger partial charge in [0.15, 0.2) is 0 Å². The summed E-state index contributed by atoms with van der Waals surface area (Å²) < 4.78 is 11.9. The van der Waals surface area contributed by atoms with Gasteiger partial charge in [-0.1, -0.05) is 0 Å². The first-order valence-corrected chi connectivity index (χ1v) is 13.1. The zero-order valence-corrected chi connectivity index (χ0v) is 21.9. The summed E-state index contributed by atoms with van der Waals surface area (Å²) in [6.45, 7) is 14.9. The molecule has 0 atom stereocenters. The number of thiophene rings is 1. The average molecular weight is 498 g/mol. The number of nitrogen functional groups attached to an aromatic ring is 1. The van der Waals surface area contributed by atoms with Crippen LogP contribution in [0.1, 0.15) is 24.3 Å². The summed E-state index contributed by atoms with van der Waals surface area (Å²) >= 11 is 1.76. The number of hydrogen-bond donors (Lipinski definition) is 1. The van der Waals surface area contributed by atoms with E-state index in [2.05, 4.69) is 40.5 Å². The van der Waals surface area contributed by atoms with Crippen molar-refractivity contribution in [2.24, 2.45) is 0 Å². The fourth-order valence-electron chi connectivity index (χ4n) is 4.84. The van der Waals surface area contributed by atoms with E-state index in [1.807, 2.05) is 6.07 Å². The molecule has 0 radical (unpaired) electrons. The molecule has 0 spiro atoms. The molecule has 188 valence electrons. The van der Waals surface area contributed by atoms with E-state index in [0.29, 0.717) is 30.8 Å². The predicted octanol–water partition coefficient (Wildman–Crippen LogP) is 3.02.